The third-order valence-corrected chi connectivity index (χ3v) is 4.82. The zero-order valence-electron chi connectivity index (χ0n) is 12.9. The maximum atomic E-state index is 13.5. The van der Waals surface area contributed by atoms with E-state index in [9.17, 15) is 9.18 Å². The van der Waals surface area contributed by atoms with E-state index >= 15 is 0 Å². The van der Waals surface area contributed by atoms with Crippen LogP contribution >= 0.6 is 24.0 Å². The Morgan fingerprint density at radius 1 is 1.30 bits per heavy atom. The fourth-order valence-corrected chi connectivity index (χ4v) is 3.32. The number of halogens is 3. The number of anilines is 1. The second-order valence-corrected chi connectivity index (χ2v) is 6.47. The summed E-state index contributed by atoms with van der Waals surface area (Å²) in [5.41, 5.74) is 0.820. The fourth-order valence-electron chi connectivity index (χ4n) is 3.20. The molecule has 23 heavy (non-hydrogen) atoms. The number of hydrogen-bond donors (Lipinski definition) is 2. The van der Waals surface area contributed by atoms with Crippen molar-refractivity contribution in [2.45, 2.75) is 25.3 Å². The molecular formula is C16H22Cl2FN3O. The van der Waals surface area contributed by atoms with E-state index in [2.05, 4.69) is 15.5 Å². The molecule has 3 rings (SSSR count). The van der Waals surface area contributed by atoms with Gasteiger partial charge in [-0.15, -0.1) is 12.4 Å². The second-order valence-electron chi connectivity index (χ2n) is 6.06. The molecule has 1 atom stereocenters. The van der Waals surface area contributed by atoms with Gasteiger partial charge in [-0.2, -0.15) is 0 Å². The lowest BCUT2D eigenvalue weighted by molar-refractivity contribution is -0.126. The minimum atomic E-state index is -0.402. The third-order valence-electron chi connectivity index (χ3n) is 4.51. The highest BCUT2D eigenvalue weighted by Gasteiger charge is 2.28. The van der Waals surface area contributed by atoms with Gasteiger partial charge in [0.1, 0.15) is 5.82 Å². The van der Waals surface area contributed by atoms with E-state index in [1.807, 2.05) is 6.07 Å². The summed E-state index contributed by atoms with van der Waals surface area (Å²) in [6.07, 6.45) is 2.70. The van der Waals surface area contributed by atoms with Gasteiger partial charge in [0, 0.05) is 30.7 Å². The molecule has 1 aromatic carbocycles. The Labute approximate surface area is 147 Å². The minimum absolute atomic E-state index is 0. The van der Waals surface area contributed by atoms with Gasteiger partial charge in [0.25, 0.3) is 0 Å². The van der Waals surface area contributed by atoms with Crippen molar-refractivity contribution in [3.05, 3.63) is 29.0 Å². The summed E-state index contributed by atoms with van der Waals surface area (Å²) in [5, 5.41) is 6.55. The van der Waals surface area contributed by atoms with Crippen LogP contribution in [0.5, 0.6) is 0 Å². The van der Waals surface area contributed by atoms with Crippen LogP contribution in [0, 0.1) is 11.7 Å². The van der Waals surface area contributed by atoms with Gasteiger partial charge in [-0.1, -0.05) is 11.6 Å². The molecule has 1 unspecified atom stereocenters. The molecular weight excluding hydrogens is 340 g/mol. The summed E-state index contributed by atoms with van der Waals surface area (Å²) >= 11 is 5.72. The van der Waals surface area contributed by atoms with Crippen LogP contribution in [0.3, 0.4) is 0 Å². The number of rotatable bonds is 3. The van der Waals surface area contributed by atoms with Crippen molar-refractivity contribution in [3.63, 3.8) is 0 Å². The molecule has 2 N–H and O–H groups in total. The van der Waals surface area contributed by atoms with Gasteiger partial charge in [-0.05, 0) is 50.6 Å². The van der Waals surface area contributed by atoms with E-state index in [1.54, 1.807) is 6.07 Å². The number of nitrogens with one attached hydrogen (secondary N) is 2. The predicted octanol–water partition coefficient (Wildman–Crippen LogP) is 2.60. The number of carbonyl (C=O) groups excluding carboxylic acids is 1. The Morgan fingerprint density at radius 2 is 2.04 bits per heavy atom. The number of amides is 1. The van der Waals surface area contributed by atoms with E-state index in [0.29, 0.717) is 0 Å². The summed E-state index contributed by atoms with van der Waals surface area (Å²) in [5.74, 6) is -0.111. The van der Waals surface area contributed by atoms with Gasteiger partial charge in [0.05, 0.1) is 5.02 Å². The third kappa shape index (κ3) is 4.49. The topological polar surface area (TPSA) is 44.4 Å². The van der Waals surface area contributed by atoms with E-state index < -0.39 is 5.82 Å². The van der Waals surface area contributed by atoms with Crippen LogP contribution in [0.25, 0.3) is 0 Å². The van der Waals surface area contributed by atoms with Crippen molar-refractivity contribution in [1.82, 2.24) is 10.6 Å². The molecule has 1 aromatic rings. The highest BCUT2D eigenvalue weighted by molar-refractivity contribution is 6.30. The van der Waals surface area contributed by atoms with Crippen molar-refractivity contribution in [2.24, 2.45) is 5.92 Å². The molecule has 2 heterocycles. The Hall–Kier alpha value is -1.04. The summed E-state index contributed by atoms with van der Waals surface area (Å²) in [6.45, 7) is 3.37. The van der Waals surface area contributed by atoms with Crippen molar-refractivity contribution < 1.29 is 9.18 Å². The van der Waals surface area contributed by atoms with Crippen molar-refractivity contribution >= 4 is 35.6 Å². The highest BCUT2D eigenvalue weighted by atomic mass is 35.5. The van der Waals surface area contributed by atoms with E-state index in [1.165, 1.54) is 6.07 Å². The molecule has 0 radical (unpaired) electrons. The number of benzene rings is 1. The predicted molar refractivity (Wildman–Crippen MR) is 93.0 cm³/mol. The summed E-state index contributed by atoms with van der Waals surface area (Å²) in [4.78, 5) is 14.4. The van der Waals surface area contributed by atoms with Crippen molar-refractivity contribution in [2.75, 3.05) is 31.1 Å². The zero-order chi connectivity index (χ0) is 15.5. The maximum Gasteiger partial charge on any atom is 0.223 e. The number of piperidine rings is 1. The average Bonchev–Trinajstić information content (AvgIpc) is 2.99. The quantitative estimate of drug-likeness (QED) is 0.869. The van der Waals surface area contributed by atoms with Crippen LogP contribution in [0.2, 0.25) is 5.02 Å². The molecule has 7 heteroatoms. The molecule has 0 bridgehead atoms. The largest absolute Gasteiger partial charge is 0.369 e. The Kier molecular flexibility index (Phi) is 6.50. The number of hydrogen-bond acceptors (Lipinski definition) is 3. The molecule has 2 fully saturated rings. The second kappa shape index (κ2) is 8.18. The van der Waals surface area contributed by atoms with Crippen LogP contribution in [0.1, 0.15) is 19.3 Å². The smallest absolute Gasteiger partial charge is 0.223 e. The fraction of sp³-hybridized carbons (Fsp3) is 0.562. The van der Waals surface area contributed by atoms with Crippen molar-refractivity contribution in [3.8, 4) is 0 Å². The molecule has 4 nitrogen and oxygen atoms in total. The SMILES string of the molecule is Cl.O=C(NC1CCN(c2ccc(Cl)c(F)c2)C1)C1CCNCC1. The van der Waals surface area contributed by atoms with Gasteiger partial charge in [-0.3, -0.25) is 4.79 Å². The first-order valence-corrected chi connectivity index (χ1v) is 8.22. The van der Waals surface area contributed by atoms with Crippen LogP contribution < -0.4 is 15.5 Å². The first-order valence-electron chi connectivity index (χ1n) is 7.84. The minimum Gasteiger partial charge on any atom is -0.369 e. The Morgan fingerprint density at radius 3 is 2.74 bits per heavy atom. The average molecular weight is 362 g/mol. The molecule has 128 valence electrons. The van der Waals surface area contributed by atoms with Gasteiger partial charge >= 0.3 is 0 Å². The lowest BCUT2D eigenvalue weighted by Gasteiger charge is -2.24. The van der Waals surface area contributed by atoms with Crippen LogP contribution in [-0.4, -0.2) is 38.1 Å². The highest BCUT2D eigenvalue weighted by Crippen LogP contribution is 2.25. The molecule has 1 amide bonds. The van der Waals surface area contributed by atoms with Crippen LogP contribution in [-0.2, 0) is 4.79 Å². The molecule has 0 saturated carbocycles. The summed E-state index contributed by atoms with van der Waals surface area (Å²) in [6, 6.07) is 5.00. The lowest BCUT2D eigenvalue weighted by Crippen LogP contribution is -2.43. The first kappa shape index (κ1) is 18.3. The molecule has 0 aromatic heterocycles. The van der Waals surface area contributed by atoms with Gasteiger partial charge < -0.3 is 15.5 Å². The normalized spacial score (nSPS) is 21.8. The van der Waals surface area contributed by atoms with Gasteiger partial charge in [-0.25, -0.2) is 4.39 Å². The maximum absolute atomic E-state index is 13.5. The monoisotopic (exact) mass is 361 g/mol. The molecule has 2 aliphatic rings. The molecule has 2 aliphatic heterocycles. The summed E-state index contributed by atoms with van der Waals surface area (Å²) in [7, 11) is 0. The molecule has 0 aliphatic carbocycles. The summed E-state index contributed by atoms with van der Waals surface area (Å²) < 4.78 is 13.5. The molecule has 0 spiro atoms. The van der Waals surface area contributed by atoms with Gasteiger partial charge in [0.15, 0.2) is 0 Å². The van der Waals surface area contributed by atoms with E-state index in [0.717, 1.165) is 51.1 Å². The van der Waals surface area contributed by atoms with Crippen molar-refractivity contribution in [1.29, 1.82) is 0 Å². The Balaban J connectivity index is 0.00000192. The first-order chi connectivity index (χ1) is 10.6. The van der Waals surface area contributed by atoms with E-state index in [4.69, 9.17) is 11.6 Å². The number of carbonyl (C=O) groups is 1. The Bertz CT molecular complexity index is 552. The molecule has 2 saturated heterocycles. The van der Waals surface area contributed by atoms with E-state index in [-0.39, 0.29) is 35.3 Å². The van der Waals surface area contributed by atoms with Gasteiger partial charge in [0.2, 0.25) is 5.91 Å². The standard InChI is InChI=1S/C16H21ClFN3O.ClH/c17-14-2-1-13(9-15(14)18)21-8-5-12(10-21)20-16(22)11-3-6-19-7-4-11;/h1-2,9,11-12,19H,3-8,10H2,(H,20,22);1H. The number of nitrogens with zero attached hydrogens (tertiary/aromatic N) is 1. The lowest BCUT2D eigenvalue weighted by atomic mass is 9.97. The zero-order valence-corrected chi connectivity index (χ0v) is 14.4. The van der Waals surface area contributed by atoms with Crippen LogP contribution in [0.15, 0.2) is 18.2 Å². The van der Waals surface area contributed by atoms with Crippen LogP contribution in [0.4, 0.5) is 10.1 Å².